The first-order chi connectivity index (χ1) is 14.7. The summed E-state index contributed by atoms with van der Waals surface area (Å²) in [5, 5.41) is 0.996. The van der Waals surface area contributed by atoms with E-state index >= 15 is 0 Å². The van der Waals surface area contributed by atoms with Crippen molar-refractivity contribution in [3.05, 3.63) is 35.2 Å². The Morgan fingerprint density at radius 2 is 1.90 bits per heavy atom. The Hall–Kier alpha value is -2.17. The molecule has 0 aliphatic carbocycles. The van der Waals surface area contributed by atoms with Crippen molar-refractivity contribution in [2.75, 3.05) is 44.4 Å². The van der Waals surface area contributed by atoms with E-state index in [1.54, 1.807) is 41.5 Å². The molecule has 0 aliphatic heterocycles. The summed E-state index contributed by atoms with van der Waals surface area (Å²) < 4.78 is 30.0. The van der Waals surface area contributed by atoms with Crippen LogP contribution >= 0.6 is 22.7 Å². The lowest BCUT2D eigenvalue weighted by atomic mass is 10.3. The SMILES string of the molecule is CCN(CC)c1nc2sc(C(=O)N(C)CCCOc3cccc(S(C)(=O)=O)c3)cc2s1. The zero-order valence-electron chi connectivity index (χ0n) is 18.1. The van der Waals surface area contributed by atoms with E-state index in [0.29, 0.717) is 30.2 Å². The molecule has 3 aromatic rings. The van der Waals surface area contributed by atoms with E-state index in [2.05, 4.69) is 23.7 Å². The van der Waals surface area contributed by atoms with Gasteiger partial charge >= 0.3 is 0 Å². The highest BCUT2D eigenvalue weighted by atomic mass is 32.2. The first kappa shape index (κ1) is 23.5. The maximum Gasteiger partial charge on any atom is 0.263 e. The molecule has 1 aromatic carbocycles. The van der Waals surface area contributed by atoms with Gasteiger partial charge in [0.2, 0.25) is 0 Å². The summed E-state index contributed by atoms with van der Waals surface area (Å²) in [5.74, 6) is 0.476. The van der Waals surface area contributed by atoms with Gasteiger partial charge in [-0.2, -0.15) is 0 Å². The standard InChI is InChI=1S/C21H27N3O4S3/c1-5-24(6-2)21-22-19-17(30-21)14-18(29-19)20(25)23(3)11-8-12-28-15-9-7-10-16(13-15)31(4,26)27/h7,9-10,13-14H,5-6,8,11-12H2,1-4H3. The molecule has 168 valence electrons. The molecule has 0 N–H and O–H groups in total. The quantitative estimate of drug-likeness (QED) is 0.405. The Morgan fingerprint density at radius 3 is 2.55 bits per heavy atom. The zero-order chi connectivity index (χ0) is 22.6. The predicted octanol–water partition coefficient (Wildman–Crippen LogP) is 4.15. The molecule has 0 saturated heterocycles. The second-order valence-electron chi connectivity index (χ2n) is 7.12. The molecule has 0 unspecified atom stereocenters. The molecule has 0 atom stereocenters. The average molecular weight is 482 g/mol. The van der Waals surface area contributed by atoms with Crippen LogP contribution in [-0.2, 0) is 9.84 Å². The van der Waals surface area contributed by atoms with Crippen LogP contribution in [0.1, 0.15) is 29.9 Å². The van der Waals surface area contributed by atoms with Gasteiger partial charge in [-0.3, -0.25) is 4.79 Å². The number of thiazole rings is 1. The van der Waals surface area contributed by atoms with Crippen molar-refractivity contribution in [3.63, 3.8) is 0 Å². The molecule has 31 heavy (non-hydrogen) atoms. The highest BCUT2D eigenvalue weighted by molar-refractivity contribution is 7.90. The molecule has 1 amide bonds. The number of ether oxygens (including phenoxy) is 1. The molecule has 0 aliphatic rings. The number of sulfone groups is 1. The van der Waals surface area contributed by atoms with Gasteiger partial charge in [0.05, 0.1) is 21.1 Å². The Balaban J connectivity index is 1.53. The highest BCUT2D eigenvalue weighted by Crippen LogP contribution is 2.35. The van der Waals surface area contributed by atoms with Crippen LogP contribution in [0.4, 0.5) is 5.13 Å². The molecule has 0 bridgehead atoms. The first-order valence-corrected chi connectivity index (χ1v) is 13.6. The number of anilines is 1. The summed E-state index contributed by atoms with van der Waals surface area (Å²) in [6.45, 7) is 6.95. The van der Waals surface area contributed by atoms with Gasteiger partial charge in [0.15, 0.2) is 15.0 Å². The number of rotatable bonds is 10. The average Bonchev–Trinajstić information content (AvgIpc) is 3.30. The fraction of sp³-hybridized carbons (Fsp3) is 0.429. The van der Waals surface area contributed by atoms with Crippen LogP contribution in [0, 0.1) is 0 Å². The molecule has 0 spiro atoms. The van der Waals surface area contributed by atoms with Crippen molar-refractivity contribution >= 4 is 53.1 Å². The largest absolute Gasteiger partial charge is 0.493 e. The minimum absolute atomic E-state index is 0.0290. The van der Waals surface area contributed by atoms with Crippen LogP contribution in [0.2, 0.25) is 0 Å². The minimum atomic E-state index is -3.27. The predicted molar refractivity (Wildman–Crippen MR) is 128 cm³/mol. The molecule has 3 rings (SSSR count). The fourth-order valence-electron chi connectivity index (χ4n) is 3.03. The van der Waals surface area contributed by atoms with Crippen molar-refractivity contribution in [1.82, 2.24) is 9.88 Å². The van der Waals surface area contributed by atoms with E-state index < -0.39 is 9.84 Å². The van der Waals surface area contributed by atoms with Gasteiger partial charge in [-0.1, -0.05) is 17.4 Å². The maximum absolute atomic E-state index is 12.8. The number of thiophene rings is 1. The summed E-state index contributed by atoms with van der Waals surface area (Å²) in [5.41, 5.74) is 0. The number of carbonyl (C=O) groups excluding carboxylic acids is 1. The third-order valence-electron chi connectivity index (χ3n) is 4.81. The molecule has 2 aromatic heterocycles. The molecule has 0 saturated carbocycles. The minimum Gasteiger partial charge on any atom is -0.493 e. The van der Waals surface area contributed by atoms with Gasteiger partial charge < -0.3 is 14.5 Å². The Kier molecular flexibility index (Phi) is 7.55. The number of hydrogen-bond acceptors (Lipinski definition) is 8. The van der Waals surface area contributed by atoms with Crippen LogP contribution in [-0.4, -0.2) is 63.8 Å². The molecule has 2 heterocycles. The number of fused-ring (bicyclic) bond motifs is 1. The summed E-state index contributed by atoms with van der Waals surface area (Å²) in [4.78, 5) is 23.1. The van der Waals surface area contributed by atoms with Gasteiger partial charge in [-0.25, -0.2) is 13.4 Å². The van der Waals surface area contributed by atoms with E-state index in [1.165, 1.54) is 23.7 Å². The van der Waals surface area contributed by atoms with Crippen LogP contribution < -0.4 is 9.64 Å². The molecule has 10 heteroatoms. The lowest BCUT2D eigenvalue weighted by Gasteiger charge is -2.17. The Bertz CT molecular complexity index is 1120. The van der Waals surface area contributed by atoms with Crippen molar-refractivity contribution in [2.24, 2.45) is 0 Å². The number of aromatic nitrogens is 1. The van der Waals surface area contributed by atoms with E-state index in [-0.39, 0.29) is 10.8 Å². The van der Waals surface area contributed by atoms with Crippen LogP contribution in [0.25, 0.3) is 9.53 Å². The Morgan fingerprint density at radius 1 is 1.16 bits per heavy atom. The van der Waals surface area contributed by atoms with Gasteiger partial charge in [-0.05, 0) is 44.5 Å². The molecular formula is C21H27N3O4S3. The lowest BCUT2D eigenvalue weighted by Crippen LogP contribution is -2.28. The molecule has 0 radical (unpaired) electrons. The number of nitrogens with zero attached hydrogens (tertiary/aromatic N) is 3. The normalized spacial score (nSPS) is 11.6. The fourth-order valence-corrected chi connectivity index (χ4v) is 6.02. The van der Waals surface area contributed by atoms with Crippen molar-refractivity contribution in [1.29, 1.82) is 0 Å². The van der Waals surface area contributed by atoms with Crippen molar-refractivity contribution in [3.8, 4) is 5.75 Å². The zero-order valence-corrected chi connectivity index (χ0v) is 20.6. The summed E-state index contributed by atoms with van der Waals surface area (Å²) >= 11 is 3.04. The third-order valence-corrected chi connectivity index (χ3v) is 8.13. The Labute approximate surface area is 191 Å². The van der Waals surface area contributed by atoms with Gasteiger partial charge in [0, 0.05) is 32.9 Å². The summed E-state index contributed by atoms with van der Waals surface area (Å²) in [6.07, 6.45) is 1.80. The van der Waals surface area contributed by atoms with Gasteiger partial charge in [0.1, 0.15) is 10.6 Å². The smallest absolute Gasteiger partial charge is 0.263 e. The van der Waals surface area contributed by atoms with E-state index in [1.807, 2.05) is 6.07 Å². The van der Waals surface area contributed by atoms with Crippen LogP contribution in [0.5, 0.6) is 5.75 Å². The molecule has 7 nitrogen and oxygen atoms in total. The second-order valence-corrected chi connectivity index (χ2v) is 11.2. The second kappa shape index (κ2) is 9.97. The number of amides is 1. The van der Waals surface area contributed by atoms with E-state index in [0.717, 1.165) is 27.8 Å². The van der Waals surface area contributed by atoms with E-state index in [4.69, 9.17) is 4.74 Å². The maximum atomic E-state index is 12.8. The van der Waals surface area contributed by atoms with Crippen molar-refractivity contribution in [2.45, 2.75) is 25.2 Å². The number of hydrogen-bond donors (Lipinski definition) is 0. The topological polar surface area (TPSA) is 79.8 Å². The monoisotopic (exact) mass is 481 g/mol. The number of carbonyl (C=O) groups is 1. The molecule has 0 fully saturated rings. The lowest BCUT2D eigenvalue weighted by molar-refractivity contribution is 0.0792. The summed E-state index contributed by atoms with van der Waals surface area (Å²) in [6, 6.07) is 8.37. The third kappa shape index (κ3) is 5.75. The van der Waals surface area contributed by atoms with Gasteiger partial charge in [-0.15, -0.1) is 11.3 Å². The van der Waals surface area contributed by atoms with Crippen LogP contribution in [0.3, 0.4) is 0 Å². The highest BCUT2D eigenvalue weighted by Gasteiger charge is 2.18. The number of benzene rings is 1. The van der Waals surface area contributed by atoms with Gasteiger partial charge in [0.25, 0.3) is 5.91 Å². The van der Waals surface area contributed by atoms with Crippen molar-refractivity contribution < 1.29 is 17.9 Å². The van der Waals surface area contributed by atoms with E-state index in [9.17, 15) is 13.2 Å². The van der Waals surface area contributed by atoms with Crippen LogP contribution in [0.15, 0.2) is 35.2 Å². The summed E-state index contributed by atoms with van der Waals surface area (Å²) in [7, 11) is -1.49. The first-order valence-electron chi connectivity index (χ1n) is 10.1. The molecular weight excluding hydrogens is 454 g/mol.